The van der Waals surface area contributed by atoms with Crippen LogP contribution in [0, 0.1) is 21.7 Å². The van der Waals surface area contributed by atoms with Crippen molar-refractivity contribution < 1.29 is 19.8 Å². The van der Waals surface area contributed by atoms with E-state index in [0.717, 1.165) is 38.5 Å². The molecular weight excluding hydrogens is 425 g/mol. The third-order valence-electron chi connectivity index (χ3n) is 7.77. The normalized spacial score (nSPS) is 15.3. The Kier molecular flexibility index (Phi) is 19.4. The Morgan fingerprint density at radius 2 is 0.758 bits per heavy atom. The number of carboxylic acid groups (broad SMARTS) is 2. The van der Waals surface area contributed by atoms with Gasteiger partial charge in [-0.1, -0.05) is 133 Å². The number of unbranched alkanes of at least 4 members (excludes halogenated alkanes) is 8. The molecule has 0 spiro atoms. The number of hydrogen-bond donors (Lipinski definition) is 0. The van der Waals surface area contributed by atoms with Crippen LogP contribution in [0.3, 0.4) is 0 Å². The second-order valence-corrected chi connectivity index (χ2v) is 12.1. The third kappa shape index (κ3) is 13.4. The molecule has 4 nitrogen and oxygen atoms in total. The maximum atomic E-state index is 11.3. The van der Waals surface area contributed by atoms with Gasteiger partial charge in [0.25, 0.3) is 0 Å². The molecule has 0 N–H and O–H groups in total. The number of carbonyl (C=O) groups is 2. The van der Waals surface area contributed by atoms with Crippen LogP contribution in [0.2, 0.25) is 0 Å². The van der Waals surface area contributed by atoms with Crippen LogP contribution in [-0.4, -0.2) is 35.0 Å². The van der Waals surface area contributed by atoms with Crippen molar-refractivity contribution >= 4 is 35.0 Å². The summed E-state index contributed by atoms with van der Waals surface area (Å²) in [4.78, 5) is 22.6. The van der Waals surface area contributed by atoms with Crippen LogP contribution in [0.4, 0.5) is 0 Å². The van der Waals surface area contributed by atoms with E-state index in [1.165, 1.54) is 38.5 Å². The Hall–Kier alpha value is -0.294. The molecule has 33 heavy (non-hydrogen) atoms. The Morgan fingerprint density at radius 3 is 0.939 bits per heavy atom. The molecule has 0 radical (unpaired) electrons. The van der Waals surface area contributed by atoms with Crippen molar-refractivity contribution in [2.75, 3.05) is 0 Å². The minimum absolute atomic E-state index is 0. The van der Waals surface area contributed by atoms with E-state index in [1.807, 2.05) is 55.4 Å². The predicted octanol–water partition coefficient (Wildman–Crippen LogP) is 5.92. The van der Waals surface area contributed by atoms with Crippen molar-refractivity contribution in [3.05, 3.63) is 0 Å². The molecule has 0 aliphatic heterocycles. The molecule has 0 saturated carbocycles. The number of carboxylic acids is 2. The van der Waals surface area contributed by atoms with Crippen molar-refractivity contribution in [2.45, 2.75) is 146 Å². The second kappa shape index (κ2) is 17.2. The van der Waals surface area contributed by atoms with Gasteiger partial charge in [0.2, 0.25) is 0 Å². The molecule has 0 bridgehead atoms. The summed E-state index contributed by atoms with van der Waals surface area (Å²) in [5, 5.41) is 22.6. The van der Waals surface area contributed by atoms with Crippen LogP contribution in [0.25, 0.3) is 0 Å². The monoisotopic (exact) mass is 478 g/mol. The van der Waals surface area contributed by atoms with E-state index in [-0.39, 0.29) is 33.9 Å². The molecule has 0 aromatic heterocycles. The summed E-state index contributed by atoms with van der Waals surface area (Å²) in [6, 6.07) is 0. The quantitative estimate of drug-likeness (QED) is 0.229. The van der Waals surface area contributed by atoms with E-state index in [0.29, 0.717) is 0 Å². The molecule has 0 amide bonds. The minimum Gasteiger partial charge on any atom is -0.550 e. The fraction of sp³-hybridized carbons (Fsp3) is 0.929. The number of rotatable bonds is 14. The molecule has 192 valence electrons. The van der Waals surface area contributed by atoms with Gasteiger partial charge in [0.15, 0.2) is 0 Å². The summed E-state index contributed by atoms with van der Waals surface area (Å²) in [7, 11) is 0. The van der Waals surface area contributed by atoms with Gasteiger partial charge >= 0.3 is 23.1 Å². The first-order valence-corrected chi connectivity index (χ1v) is 12.9. The second-order valence-electron chi connectivity index (χ2n) is 12.1. The minimum atomic E-state index is -0.907. The molecule has 5 heteroatoms. The smallest absolute Gasteiger partial charge is 0.550 e. The molecule has 0 aliphatic rings. The van der Waals surface area contributed by atoms with Crippen molar-refractivity contribution in [3.8, 4) is 0 Å². The van der Waals surface area contributed by atoms with Gasteiger partial charge in [-0.3, -0.25) is 0 Å². The predicted molar refractivity (Wildman–Crippen MR) is 138 cm³/mol. The molecule has 0 heterocycles. The molecule has 0 rings (SSSR count). The van der Waals surface area contributed by atoms with Gasteiger partial charge in [-0.2, -0.15) is 0 Å². The Bertz CT molecular complexity index is 485. The maximum absolute atomic E-state index is 11.3. The molecule has 0 aromatic carbocycles. The zero-order valence-electron chi connectivity index (χ0n) is 23.8. The van der Waals surface area contributed by atoms with Crippen LogP contribution in [0.5, 0.6) is 0 Å². The number of aliphatic carboxylic acids is 2. The summed E-state index contributed by atoms with van der Waals surface area (Å²) >= 11 is 0. The van der Waals surface area contributed by atoms with Gasteiger partial charge in [0, 0.05) is 22.8 Å². The van der Waals surface area contributed by atoms with Gasteiger partial charge in [0.1, 0.15) is 0 Å². The van der Waals surface area contributed by atoms with Gasteiger partial charge in [0.05, 0.1) is 0 Å². The van der Waals surface area contributed by atoms with E-state index in [4.69, 9.17) is 0 Å². The summed E-state index contributed by atoms with van der Waals surface area (Å²) < 4.78 is 0. The number of carbonyl (C=O) groups excluding carboxylic acids is 2. The van der Waals surface area contributed by atoms with Gasteiger partial charge in [-0.05, 0) is 23.7 Å². The average molecular weight is 479 g/mol. The van der Waals surface area contributed by atoms with Crippen molar-refractivity contribution in [3.63, 3.8) is 0 Å². The van der Waals surface area contributed by atoms with Crippen LogP contribution >= 0.6 is 0 Å². The summed E-state index contributed by atoms with van der Waals surface area (Å²) in [5.41, 5.74) is -1.90. The third-order valence-corrected chi connectivity index (χ3v) is 7.77. The topological polar surface area (TPSA) is 80.3 Å². The fourth-order valence-electron chi connectivity index (χ4n) is 3.73. The average Bonchev–Trinajstić information content (AvgIpc) is 2.65. The first-order chi connectivity index (χ1) is 14.5. The Morgan fingerprint density at radius 1 is 0.515 bits per heavy atom. The summed E-state index contributed by atoms with van der Waals surface area (Å²) in [5.74, 6) is -1.81. The van der Waals surface area contributed by atoms with Crippen LogP contribution in [0.15, 0.2) is 0 Å². The van der Waals surface area contributed by atoms with Crippen molar-refractivity contribution in [2.24, 2.45) is 21.7 Å². The number of hydrogen-bond acceptors (Lipinski definition) is 4. The van der Waals surface area contributed by atoms with Gasteiger partial charge in [-0.25, -0.2) is 0 Å². The van der Waals surface area contributed by atoms with Gasteiger partial charge in [-0.15, -0.1) is 0 Å². The molecular formula is C28H54MgO4. The van der Waals surface area contributed by atoms with Crippen LogP contribution in [-0.2, 0) is 9.59 Å². The Balaban J connectivity index is -0.000000529. The Labute approximate surface area is 222 Å². The molecule has 0 aromatic rings. The molecule has 2 unspecified atom stereocenters. The maximum Gasteiger partial charge on any atom is 2.00 e. The fourth-order valence-corrected chi connectivity index (χ4v) is 3.73. The molecule has 2 atom stereocenters. The van der Waals surface area contributed by atoms with Crippen molar-refractivity contribution in [1.82, 2.24) is 0 Å². The van der Waals surface area contributed by atoms with Crippen LogP contribution < -0.4 is 10.2 Å². The summed E-state index contributed by atoms with van der Waals surface area (Å²) in [6.07, 6.45) is 13.0. The van der Waals surface area contributed by atoms with E-state index < -0.39 is 22.8 Å². The molecule has 0 fully saturated rings. The van der Waals surface area contributed by atoms with Crippen LogP contribution in [0.1, 0.15) is 146 Å². The first kappa shape index (κ1) is 37.3. The SMILES string of the molecule is CCCCCCCC(C)(C(=O)[O-])C(C)(C)C.CCCCCCCC(C)(C(=O)[O-])C(C)(C)C.[Mg+2]. The zero-order valence-corrected chi connectivity index (χ0v) is 25.2. The zero-order chi connectivity index (χ0) is 25.6. The van der Waals surface area contributed by atoms with E-state index in [1.54, 1.807) is 0 Å². The van der Waals surface area contributed by atoms with E-state index in [9.17, 15) is 19.8 Å². The molecule has 0 aliphatic carbocycles. The largest absolute Gasteiger partial charge is 2.00 e. The summed E-state index contributed by atoms with van der Waals surface area (Å²) in [6.45, 7) is 19.9. The standard InChI is InChI=1S/2C14H28O2.Mg/c2*1-6-7-8-9-10-11-14(5,12(15)16)13(2,3)4;/h2*6-11H2,1-5H3,(H,15,16);/q;;+2/p-2. The van der Waals surface area contributed by atoms with Crippen molar-refractivity contribution in [1.29, 1.82) is 0 Å². The van der Waals surface area contributed by atoms with E-state index in [2.05, 4.69) is 13.8 Å². The molecule has 0 saturated heterocycles. The van der Waals surface area contributed by atoms with Gasteiger partial charge < -0.3 is 19.8 Å². The first-order valence-electron chi connectivity index (χ1n) is 12.9. The van der Waals surface area contributed by atoms with E-state index >= 15 is 0 Å².